The summed E-state index contributed by atoms with van der Waals surface area (Å²) >= 11 is 3.44. The number of nitrogens with one attached hydrogen (secondary N) is 1. The Morgan fingerprint density at radius 3 is 2.61 bits per heavy atom. The number of halogens is 1. The van der Waals surface area contributed by atoms with E-state index in [9.17, 15) is 0 Å². The fraction of sp³-hybridized carbons (Fsp3) is 0.0714. The SMILES string of the molecule is Cc1ccc(Br)cc1Nc1ccc(C#N)cc1N. The van der Waals surface area contributed by atoms with Gasteiger partial charge in [0.1, 0.15) is 0 Å². The maximum atomic E-state index is 8.79. The number of aryl methyl sites for hydroxylation is 1. The zero-order chi connectivity index (χ0) is 13.1. The highest BCUT2D eigenvalue weighted by Gasteiger charge is 2.04. The van der Waals surface area contributed by atoms with E-state index in [0.717, 1.165) is 21.4 Å². The molecule has 0 bridgehead atoms. The van der Waals surface area contributed by atoms with Crippen molar-refractivity contribution in [2.75, 3.05) is 11.1 Å². The molecule has 0 unspecified atom stereocenters. The van der Waals surface area contributed by atoms with Crippen LogP contribution in [0.25, 0.3) is 0 Å². The van der Waals surface area contributed by atoms with Crippen LogP contribution in [0.5, 0.6) is 0 Å². The lowest BCUT2D eigenvalue weighted by Gasteiger charge is -2.12. The molecule has 4 heteroatoms. The van der Waals surface area contributed by atoms with Gasteiger partial charge in [0.2, 0.25) is 0 Å². The highest BCUT2D eigenvalue weighted by atomic mass is 79.9. The smallest absolute Gasteiger partial charge is 0.0992 e. The summed E-state index contributed by atoms with van der Waals surface area (Å²) in [6, 6.07) is 13.3. The van der Waals surface area contributed by atoms with E-state index in [4.69, 9.17) is 11.0 Å². The largest absolute Gasteiger partial charge is 0.397 e. The van der Waals surface area contributed by atoms with Crippen molar-refractivity contribution >= 4 is 33.0 Å². The molecule has 0 aromatic heterocycles. The van der Waals surface area contributed by atoms with E-state index in [1.165, 1.54) is 0 Å². The third kappa shape index (κ3) is 2.63. The molecular formula is C14H12BrN3. The number of rotatable bonds is 2. The Morgan fingerprint density at radius 1 is 1.17 bits per heavy atom. The summed E-state index contributed by atoms with van der Waals surface area (Å²) in [6.07, 6.45) is 0. The number of hydrogen-bond donors (Lipinski definition) is 2. The summed E-state index contributed by atoms with van der Waals surface area (Å²) in [4.78, 5) is 0. The predicted octanol–water partition coefficient (Wildman–Crippen LogP) is 3.96. The first-order valence-electron chi connectivity index (χ1n) is 5.43. The van der Waals surface area contributed by atoms with E-state index in [1.54, 1.807) is 12.1 Å². The van der Waals surface area contributed by atoms with Crippen molar-refractivity contribution in [2.24, 2.45) is 0 Å². The minimum absolute atomic E-state index is 0.559. The number of anilines is 3. The van der Waals surface area contributed by atoms with Crippen LogP contribution in [-0.2, 0) is 0 Å². The second-order valence-corrected chi connectivity index (χ2v) is 4.91. The highest BCUT2D eigenvalue weighted by molar-refractivity contribution is 9.10. The van der Waals surface area contributed by atoms with Crippen LogP contribution in [0.4, 0.5) is 17.1 Å². The van der Waals surface area contributed by atoms with Crippen molar-refractivity contribution in [2.45, 2.75) is 6.92 Å². The van der Waals surface area contributed by atoms with Crippen LogP contribution in [0.3, 0.4) is 0 Å². The first-order chi connectivity index (χ1) is 8.60. The van der Waals surface area contributed by atoms with Gasteiger partial charge in [0.25, 0.3) is 0 Å². The molecule has 0 saturated carbocycles. The van der Waals surface area contributed by atoms with E-state index in [2.05, 4.69) is 27.3 Å². The van der Waals surface area contributed by atoms with Crippen LogP contribution in [0.2, 0.25) is 0 Å². The summed E-state index contributed by atoms with van der Waals surface area (Å²) in [5.41, 5.74) is 9.94. The third-order valence-corrected chi connectivity index (χ3v) is 3.14. The molecule has 0 radical (unpaired) electrons. The van der Waals surface area contributed by atoms with Crippen molar-refractivity contribution in [3.8, 4) is 6.07 Å². The molecule has 0 aliphatic rings. The fourth-order valence-corrected chi connectivity index (χ4v) is 1.98. The van der Waals surface area contributed by atoms with Gasteiger partial charge in [-0.2, -0.15) is 5.26 Å². The van der Waals surface area contributed by atoms with Crippen LogP contribution in [0.1, 0.15) is 11.1 Å². The topological polar surface area (TPSA) is 61.8 Å². The maximum absolute atomic E-state index is 8.79. The summed E-state index contributed by atoms with van der Waals surface area (Å²) < 4.78 is 1.00. The lowest BCUT2D eigenvalue weighted by Crippen LogP contribution is -1.98. The van der Waals surface area contributed by atoms with Crippen molar-refractivity contribution in [3.05, 3.63) is 52.0 Å². The number of hydrogen-bond acceptors (Lipinski definition) is 3. The maximum Gasteiger partial charge on any atom is 0.0992 e. The molecule has 2 aromatic rings. The van der Waals surface area contributed by atoms with Crippen LogP contribution in [-0.4, -0.2) is 0 Å². The fourth-order valence-electron chi connectivity index (χ4n) is 1.62. The molecule has 3 N–H and O–H groups in total. The van der Waals surface area contributed by atoms with E-state index in [0.29, 0.717) is 11.3 Å². The van der Waals surface area contributed by atoms with Gasteiger partial charge >= 0.3 is 0 Å². The van der Waals surface area contributed by atoms with E-state index in [1.807, 2.05) is 31.2 Å². The first-order valence-corrected chi connectivity index (χ1v) is 6.22. The number of nitrogen functional groups attached to an aromatic ring is 1. The van der Waals surface area contributed by atoms with Gasteiger partial charge in [0.15, 0.2) is 0 Å². The van der Waals surface area contributed by atoms with Gasteiger partial charge in [0, 0.05) is 10.2 Å². The quantitative estimate of drug-likeness (QED) is 0.826. The monoisotopic (exact) mass is 301 g/mol. The zero-order valence-corrected chi connectivity index (χ0v) is 11.5. The summed E-state index contributed by atoms with van der Waals surface area (Å²) in [6.45, 7) is 2.02. The van der Waals surface area contributed by atoms with Crippen molar-refractivity contribution in [1.82, 2.24) is 0 Å². The molecule has 0 aliphatic carbocycles. The Bertz CT molecular complexity index is 629. The van der Waals surface area contributed by atoms with Crippen molar-refractivity contribution in [1.29, 1.82) is 5.26 Å². The van der Waals surface area contributed by atoms with Gasteiger partial charge in [-0.3, -0.25) is 0 Å². The van der Waals surface area contributed by atoms with Gasteiger partial charge in [-0.25, -0.2) is 0 Å². The molecule has 3 nitrogen and oxygen atoms in total. The van der Waals surface area contributed by atoms with E-state index < -0.39 is 0 Å². The minimum Gasteiger partial charge on any atom is -0.397 e. The number of nitrogens with two attached hydrogens (primary N) is 1. The molecule has 0 amide bonds. The molecule has 2 rings (SSSR count). The zero-order valence-electron chi connectivity index (χ0n) is 9.87. The molecule has 0 aliphatic heterocycles. The standard InChI is InChI=1S/C14H12BrN3/c1-9-2-4-11(15)7-14(9)18-13-5-3-10(8-16)6-12(13)17/h2-7,18H,17H2,1H3. The van der Waals surface area contributed by atoms with Crippen LogP contribution in [0, 0.1) is 18.3 Å². The Hall–Kier alpha value is -1.99. The van der Waals surface area contributed by atoms with Crippen LogP contribution < -0.4 is 11.1 Å². The van der Waals surface area contributed by atoms with Crippen LogP contribution in [0.15, 0.2) is 40.9 Å². The Balaban J connectivity index is 2.34. The van der Waals surface area contributed by atoms with E-state index in [-0.39, 0.29) is 0 Å². The second kappa shape index (κ2) is 5.11. The average molecular weight is 302 g/mol. The molecule has 2 aromatic carbocycles. The van der Waals surface area contributed by atoms with E-state index >= 15 is 0 Å². The van der Waals surface area contributed by atoms with Gasteiger partial charge in [-0.15, -0.1) is 0 Å². The molecule has 90 valence electrons. The minimum atomic E-state index is 0.559. The normalized spacial score (nSPS) is 9.83. The summed E-state index contributed by atoms with van der Waals surface area (Å²) in [5, 5.41) is 12.1. The lowest BCUT2D eigenvalue weighted by atomic mass is 10.1. The molecule has 0 fully saturated rings. The number of nitrogens with zero attached hydrogens (tertiary/aromatic N) is 1. The Kier molecular flexibility index (Phi) is 3.54. The Labute approximate surface area is 114 Å². The summed E-state index contributed by atoms with van der Waals surface area (Å²) in [5.74, 6) is 0. The number of nitriles is 1. The lowest BCUT2D eigenvalue weighted by molar-refractivity contribution is 1.41. The highest BCUT2D eigenvalue weighted by Crippen LogP contribution is 2.28. The van der Waals surface area contributed by atoms with Crippen molar-refractivity contribution in [3.63, 3.8) is 0 Å². The van der Waals surface area contributed by atoms with Crippen molar-refractivity contribution < 1.29 is 0 Å². The molecule has 18 heavy (non-hydrogen) atoms. The Morgan fingerprint density at radius 2 is 1.94 bits per heavy atom. The van der Waals surface area contributed by atoms with Gasteiger partial charge in [-0.1, -0.05) is 22.0 Å². The van der Waals surface area contributed by atoms with Gasteiger partial charge in [0.05, 0.1) is 23.0 Å². The molecule has 0 spiro atoms. The van der Waals surface area contributed by atoms with Gasteiger partial charge < -0.3 is 11.1 Å². The predicted molar refractivity (Wildman–Crippen MR) is 77.7 cm³/mol. The molecular weight excluding hydrogens is 290 g/mol. The second-order valence-electron chi connectivity index (χ2n) is 4.00. The summed E-state index contributed by atoms with van der Waals surface area (Å²) in [7, 11) is 0. The molecule has 0 atom stereocenters. The number of benzene rings is 2. The average Bonchev–Trinajstić information content (AvgIpc) is 2.36. The first kappa shape index (κ1) is 12.5. The molecule has 0 saturated heterocycles. The molecule has 0 heterocycles. The van der Waals surface area contributed by atoms with Crippen LogP contribution >= 0.6 is 15.9 Å². The van der Waals surface area contributed by atoms with Gasteiger partial charge in [-0.05, 0) is 42.8 Å². The third-order valence-electron chi connectivity index (χ3n) is 2.65.